The zero-order chi connectivity index (χ0) is 16.5. The number of carbonyl (C=O) groups excluding carboxylic acids is 2. The summed E-state index contributed by atoms with van der Waals surface area (Å²) in [6, 6.07) is 16.3. The number of rotatable bonds is 7. The van der Waals surface area contributed by atoms with Gasteiger partial charge in [-0.15, -0.1) is 11.8 Å². The van der Waals surface area contributed by atoms with Crippen LogP contribution in [0.2, 0.25) is 5.02 Å². The third-order valence-electron chi connectivity index (χ3n) is 2.95. The van der Waals surface area contributed by atoms with Crippen molar-refractivity contribution >= 4 is 35.2 Å². The molecule has 0 atom stereocenters. The van der Waals surface area contributed by atoms with Crippen LogP contribution in [0.5, 0.6) is 0 Å². The first-order chi connectivity index (χ1) is 11.1. The van der Waals surface area contributed by atoms with Crippen molar-refractivity contribution in [3.05, 3.63) is 65.2 Å². The molecule has 0 saturated carbocycles. The second kappa shape index (κ2) is 9.22. The molecule has 6 heteroatoms. The molecular weight excluding hydrogens is 332 g/mol. The Balaban J connectivity index is 1.61. The van der Waals surface area contributed by atoms with Crippen LogP contribution in [0.25, 0.3) is 0 Å². The molecule has 0 unspecified atom stereocenters. The second-order valence-corrected chi connectivity index (χ2v) is 6.20. The van der Waals surface area contributed by atoms with E-state index in [0.29, 0.717) is 29.4 Å². The maximum absolute atomic E-state index is 11.8. The minimum Gasteiger partial charge on any atom is -0.354 e. The van der Waals surface area contributed by atoms with Gasteiger partial charge in [0, 0.05) is 28.6 Å². The summed E-state index contributed by atoms with van der Waals surface area (Å²) < 4.78 is 0. The van der Waals surface area contributed by atoms with Gasteiger partial charge in [-0.1, -0.05) is 29.8 Å². The Labute approximate surface area is 144 Å². The SMILES string of the molecule is O=C(CSc1ccc(Cl)cc1)NCCNC(=O)c1ccccc1. The van der Waals surface area contributed by atoms with Crippen molar-refractivity contribution in [2.45, 2.75) is 4.90 Å². The predicted octanol–water partition coefficient (Wildman–Crippen LogP) is 2.98. The molecule has 0 bridgehead atoms. The summed E-state index contributed by atoms with van der Waals surface area (Å²) >= 11 is 7.25. The van der Waals surface area contributed by atoms with Crippen molar-refractivity contribution in [2.24, 2.45) is 0 Å². The van der Waals surface area contributed by atoms with Gasteiger partial charge in [-0.2, -0.15) is 0 Å². The highest BCUT2D eigenvalue weighted by atomic mass is 35.5. The summed E-state index contributed by atoms with van der Waals surface area (Å²) in [6.07, 6.45) is 0. The molecule has 2 aromatic rings. The maximum Gasteiger partial charge on any atom is 0.251 e. The van der Waals surface area contributed by atoms with E-state index in [2.05, 4.69) is 10.6 Å². The van der Waals surface area contributed by atoms with Crippen molar-refractivity contribution < 1.29 is 9.59 Å². The fraction of sp³-hybridized carbons (Fsp3) is 0.176. The molecule has 2 rings (SSSR count). The summed E-state index contributed by atoms with van der Waals surface area (Å²) in [6.45, 7) is 0.795. The number of amides is 2. The predicted molar refractivity (Wildman–Crippen MR) is 94.0 cm³/mol. The monoisotopic (exact) mass is 348 g/mol. The first-order valence-electron chi connectivity index (χ1n) is 7.13. The van der Waals surface area contributed by atoms with Crippen molar-refractivity contribution in [1.82, 2.24) is 10.6 Å². The van der Waals surface area contributed by atoms with Crippen molar-refractivity contribution in [2.75, 3.05) is 18.8 Å². The molecule has 0 aliphatic heterocycles. The summed E-state index contributed by atoms with van der Waals surface area (Å²) in [5.41, 5.74) is 0.608. The minimum atomic E-state index is -0.143. The number of hydrogen-bond acceptors (Lipinski definition) is 3. The lowest BCUT2D eigenvalue weighted by molar-refractivity contribution is -0.118. The van der Waals surface area contributed by atoms with Crippen LogP contribution in [0.4, 0.5) is 0 Å². The summed E-state index contributed by atoms with van der Waals surface area (Å²) in [7, 11) is 0. The Morgan fingerprint density at radius 3 is 2.26 bits per heavy atom. The van der Waals surface area contributed by atoms with Crippen LogP contribution >= 0.6 is 23.4 Å². The molecule has 2 aromatic carbocycles. The molecule has 0 aromatic heterocycles. The highest BCUT2D eigenvalue weighted by Gasteiger charge is 2.05. The smallest absolute Gasteiger partial charge is 0.251 e. The van der Waals surface area contributed by atoms with Crippen LogP contribution in [0.1, 0.15) is 10.4 Å². The van der Waals surface area contributed by atoms with Gasteiger partial charge >= 0.3 is 0 Å². The number of thioether (sulfide) groups is 1. The first-order valence-corrected chi connectivity index (χ1v) is 8.50. The normalized spacial score (nSPS) is 10.1. The molecule has 0 spiro atoms. The van der Waals surface area contributed by atoms with E-state index in [4.69, 9.17) is 11.6 Å². The Bertz CT molecular complexity index is 647. The number of carbonyl (C=O) groups is 2. The van der Waals surface area contributed by atoms with Crippen molar-refractivity contribution in [1.29, 1.82) is 0 Å². The van der Waals surface area contributed by atoms with Crippen LogP contribution < -0.4 is 10.6 Å². The van der Waals surface area contributed by atoms with Crippen LogP contribution in [-0.2, 0) is 4.79 Å². The lowest BCUT2D eigenvalue weighted by atomic mass is 10.2. The highest BCUT2D eigenvalue weighted by molar-refractivity contribution is 8.00. The van der Waals surface area contributed by atoms with E-state index in [-0.39, 0.29) is 11.8 Å². The topological polar surface area (TPSA) is 58.2 Å². The fourth-order valence-electron chi connectivity index (χ4n) is 1.80. The van der Waals surface area contributed by atoms with E-state index < -0.39 is 0 Å². The van der Waals surface area contributed by atoms with Crippen LogP contribution in [0.3, 0.4) is 0 Å². The van der Waals surface area contributed by atoms with E-state index >= 15 is 0 Å². The molecule has 23 heavy (non-hydrogen) atoms. The zero-order valence-corrected chi connectivity index (χ0v) is 14.0. The lowest BCUT2D eigenvalue weighted by Crippen LogP contribution is -2.35. The van der Waals surface area contributed by atoms with Crippen LogP contribution in [0, 0.1) is 0 Å². The Hall–Kier alpha value is -1.98. The molecule has 0 saturated heterocycles. The van der Waals surface area contributed by atoms with Gasteiger partial charge in [0.05, 0.1) is 5.75 Å². The van der Waals surface area contributed by atoms with Crippen molar-refractivity contribution in [3.63, 3.8) is 0 Å². The molecule has 4 nitrogen and oxygen atoms in total. The van der Waals surface area contributed by atoms with Gasteiger partial charge in [-0.05, 0) is 36.4 Å². The maximum atomic E-state index is 11.8. The van der Waals surface area contributed by atoms with E-state index in [9.17, 15) is 9.59 Å². The van der Waals surface area contributed by atoms with E-state index in [1.54, 1.807) is 24.3 Å². The first kappa shape index (κ1) is 17.4. The molecule has 0 aliphatic rings. The van der Waals surface area contributed by atoms with E-state index in [0.717, 1.165) is 4.90 Å². The molecule has 120 valence electrons. The van der Waals surface area contributed by atoms with Gasteiger partial charge in [-0.25, -0.2) is 0 Å². The highest BCUT2D eigenvalue weighted by Crippen LogP contribution is 2.19. The molecule has 0 fully saturated rings. The lowest BCUT2D eigenvalue weighted by Gasteiger charge is -2.07. The van der Waals surface area contributed by atoms with Gasteiger partial charge in [0.2, 0.25) is 5.91 Å². The van der Waals surface area contributed by atoms with Gasteiger partial charge in [0.15, 0.2) is 0 Å². The molecule has 2 N–H and O–H groups in total. The van der Waals surface area contributed by atoms with E-state index in [1.807, 2.05) is 30.3 Å². The number of benzene rings is 2. The molecule has 0 aliphatic carbocycles. The summed E-state index contributed by atoms with van der Waals surface area (Å²) in [5.74, 6) is 0.114. The average molecular weight is 349 g/mol. The number of nitrogens with one attached hydrogen (secondary N) is 2. The number of halogens is 1. The van der Waals surface area contributed by atoms with Gasteiger partial charge in [-0.3, -0.25) is 9.59 Å². The standard InChI is InChI=1S/C17H17ClN2O2S/c18-14-6-8-15(9-7-14)23-12-16(21)19-10-11-20-17(22)13-4-2-1-3-5-13/h1-9H,10-12H2,(H,19,21)(H,20,22). The third kappa shape index (κ3) is 6.34. The Morgan fingerprint density at radius 1 is 0.913 bits per heavy atom. The van der Waals surface area contributed by atoms with Gasteiger partial charge < -0.3 is 10.6 Å². The largest absolute Gasteiger partial charge is 0.354 e. The third-order valence-corrected chi connectivity index (χ3v) is 4.22. The number of hydrogen-bond donors (Lipinski definition) is 2. The average Bonchev–Trinajstić information content (AvgIpc) is 2.59. The Morgan fingerprint density at radius 2 is 1.57 bits per heavy atom. The van der Waals surface area contributed by atoms with Gasteiger partial charge in [0.1, 0.15) is 0 Å². The van der Waals surface area contributed by atoms with Crippen LogP contribution in [-0.4, -0.2) is 30.7 Å². The molecule has 2 amide bonds. The fourth-order valence-corrected chi connectivity index (χ4v) is 2.65. The van der Waals surface area contributed by atoms with E-state index in [1.165, 1.54) is 11.8 Å². The quantitative estimate of drug-likeness (QED) is 0.597. The van der Waals surface area contributed by atoms with Crippen LogP contribution in [0.15, 0.2) is 59.5 Å². The second-order valence-electron chi connectivity index (χ2n) is 4.71. The Kier molecular flexibility index (Phi) is 6.97. The minimum absolute atomic E-state index is 0.0705. The summed E-state index contributed by atoms with van der Waals surface area (Å²) in [4.78, 5) is 24.5. The summed E-state index contributed by atoms with van der Waals surface area (Å²) in [5, 5.41) is 6.20. The zero-order valence-electron chi connectivity index (χ0n) is 12.4. The van der Waals surface area contributed by atoms with Crippen molar-refractivity contribution in [3.8, 4) is 0 Å². The molecular formula is C17H17ClN2O2S. The van der Waals surface area contributed by atoms with Gasteiger partial charge in [0.25, 0.3) is 5.91 Å². The molecule has 0 heterocycles. The molecule has 0 radical (unpaired) electrons.